The lowest BCUT2D eigenvalue weighted by atomic mass is 9.99. The predicted molar refractivity (Wildman–Crippen MR) is 102 cm³/mol. The minimum Gasteiger partial charge on any atom is -0.212 e. The number of benzene rings is 2. The fourth-order valence-electron chi connectivity index (χ4n) is 3.48. The van der Waals surface area contributed by atoms with Crippen LogP contribution in [-0.4, -0.2) is 46.0 Å². The van der Waals surface area contributed by atoms with Crippen LogP contribution < -0.4 is 0 Å². The number of hydrogen-bond acceptors (Lipinski definition) is 5. The number of hydrogen-bond donors (Lipinski definition) is 0. The molecule has 1 aliphatic heterocycles. The van der Waals surface area contributed by atoms with Gasteiger partial charge in [0.05, 0.1) is 11.4 Å². The molecule has 7 nitrogen and oxygen atoms in total. The molecular weight excluding hydrogens is 362 g/mol. The minimum absolute atomic E-state index is 0.0180. The van der Waals surface area contributed by atoms with Crippen LogP contribution in [0.25, 0.3) is 5.69 Å². The molecule has 0 spiro atoms. The van der Waals surface area contributed by atoms with Crippen LogP contribution >= 0.6 is 0 Å². The normalized spacial score (nSPS) is 18.4. The van der Waals surface area contributed by atoms with E-state index in [1.54, 1.807) is 8.99 Å². The second kappa shape index (κ2) is 7.58. The van der Waals surface area contributed by atoms with E-state index >= 15 is 0 Å². The summed E-state index contributed by atoms with van der Waals surface area (Å²) in [5, 5.41) is 12.1. The Morgan fingerprint density at radius 3 is 2.44 bits per heavy atom. The molecule has 3 aromatic rings. The lowest BCUT2D eigenvalue weighted by Crippen LogP contribution is -2.40. The highest BCUT2D eigenvalue weighted by atomic mass is 32.2. The lowest BCUT2D eigenvalue weighted by molar-refractivity contribution is 0.306. The molecule has 2 aromatic carbocycles. The van der Waals surface area contributed by atoms with Crippen LogP contribution in [0.4, 0.5) is 0 Å². The number of nitrogens with zero attached hydrogens (tertiary/aromatic N) is 5. The Balaban J connectivity index is 1.55. The summed E-state index contributed by atoms with van der Waals surface area (Å²) in [6.45, 7) is 0.945. The van der Waals surface area contributed by atoms with Gasteiger partial charge in [-0.05, 0) is 41.0 Å². The van der Waals surface area contributed by atoms with Crippen molar-refractivity contribution in [3.63, 3.8) is 0 Å². The van der Waals surface area contributed by atoms with Gasteiger partial charge in [-0.3, -0.25) is 0 Å². The first-order valence-corrected chi connectivity index (χ1v) is 10.6. The fraction of sp³-hybridized carbons (Fsp3) is 0.316. The third-order valence-electron chi connectivity index (χ3n) is 4.83. The van der Waals surface area contributed by atoms with Crippen molar-refractivity contribution in [1.29, 1.82) is 0 Å². The van der Waals surface area contributed by atoms with E-state index in [0.29, 0.717) is 18.9 Å². The molecule has 0 aliphatic carbocycles. The van der Waals surface area contributed by atoms with E-state index in [-0.39, 0.29) is 11.7 Å². The minimum atomic E-state index is -3.38. The maximum Gasteiger partial charge on any atom is 0.218 e. The average molecular weight is 383 g/mol. The molecule has 0 bridgehead atoms. The van der Waals surface area contributed by atoms with Crippen LogP contribution in [0.3, 0.4) is 0 Å². The van der Waals surface area contributed by atoms with Gasteiger partial charge in [0.25, 0.3) is 0 Å². The first kappa shape index (κ1) is 17.8. The standard InChI is InChI=1S/C19H21N5O2S/c25-27(26,15-16-8-3-1-4-9-16)23-13-7-10-17(14-23)19-20-21-22-24(19)18-11-5-2-6-12-18/h1-6,8-9,11-12,17H,7,10,13-15H2. The van der Waals surface area contributed by atoms with Gasteiger partial charge < -0.3 is 0 Å². The van der Waals surface area contributed by atoms with E-state index in [2.05, 4.69) is 15.5 Å². The van der Waals surface area contributed by atoms with Gasteiger partial charge in [-0.15, -0.1) is 5.10 Å². The Morgan fingerprint density at radius 1 is 1.00 bits per heavy atom. The topological polar surface area (TPSA) is 81.0 Å². The zero-order valence-electron chi connectivity index (χ0n) is 14.8. The monoisotopic (exact) mass is 383 g/mol. The molecular formula is C19H21N5O2S. The zero-order chi connectivity index (χ0) is 18.7. The van der Waals surface area contributed by atoms with Crippen molar-refractivity contribution in [3.8, 4) is 5.69 Å². The SMILES string of the molecule is O=S(=O)(Cc1ccccc1)N1CCCC(c2nnnn2-c2ccccc2)C1. The molecule has 0 saturated carbocycles. The fourth-order valence-corrected chi connectivity index (χ4v) is 5.09. The van der Waals surface area contributed by atoms with Gasteiger partial charge in [0.2, 0.25) is 10.0 Å². The van der Waals surface area contributed by atoms with Crippen molar-refractivity contribution in [1.82, 2.24) is 24.5 Å². The van der Waals surface area contributed by atoms with Crippen LogP contribution in [0.2, 0.25) is 0 Å². The molecule has 27 heavy (non-hydrogen) atoms. The summed E-state index contributed by atoms with van der Waals surface area (Å²) < 4.78 is 29.1. The van der Waals surface area contributed by atoms with E-state index in [9.17, 15) is 8.42 Å². The van der Waals surface area contributed by atoms with E-state index < -0.39 is 10.0 Å². The smallest absolute Gasteiger partial charge is 0.212 e. The Kier molecular flexibility index (Phi) is 5.00. The highest BCUT2D eigenvalue weighted by molar-refractivity contribution is 7.88. The van der Waals surface area contributed by atoms with Crippen LogP contribution in [0.1, 0.15) is 30.1 Å². The van der Waals surface area contributed by atoms with Crippen molar-refractivity contribution in [3.05, 3.63) is 72.1 Å². The van der Waals surface area contributed by atoms with Crippen LogP contribution in [-0.2, 0) is 15.8 Å². The Hall–Kier alpha value is -2.58. The summed E-state index contributed by atoms with van der Waals surface area (Å²) in [5.41, 5.74) is 1.68. The van der Waals surface area contributed by atoms with Gasteiger partial charge in [-0.2, -0.15) is 4.68 Å². The Labute approximate surface area is 158 Å². The maximum atomic E-state index is 12.9. The van der Waals surface area contributed by atoms with Gasteiger partial charge in [0.15, 0.2) is 5.82 Å². The largest absolute Gasteiger partial charge is 0.218 e. The molecule has 140 valence electrons. The number of sulfonamides is 1. The second-order valence-corrected chi connectivity index (χ2v) is 8.69. The number of tetrazole rings is 1. The first-order valence-electron chi connectivity index (χ1n) is 8.99. The van der Waals surface area contributed by atoms with E-state index in [4.69, 9.17) is 0 Å². The number of aromatic nitrogens is 4. The molecule has 0 radical (unpaired) electrons. The number of rotatable bonds is 5. The first-order chi connectivity index (χ1) is 13.1. The summed E-state index contributed by atoms with van der Waals surface area (Å²) in [5.74, 6) is 0.699. The average Bonchev–Trinajstić information content (AvgIpc) is 3.19. The molecule has 1 fully saturated rings. The highest BCUT2D eigenvalue weighted by Gasteiger charge is 2.32. The van der Waals surface area contributed by atoms with Gasteiger partial charge >= 0.3 is 0 Å². The predicted octanol–water partition coefficient (Wildman–Crippen LogP) is 2.37. The second-order valence-electron chi connectivity index (χ2n) is 6.72. The quantitative estimate of drug-likeness (QED) is 0.676. The number of para-hydroxylation sites is 1. The Morgan fingerprint density at radius 2 is 1.70 bits per heavy atom. The maximum absolute atomic E-state index is 12.9. The summed E-state index contributed by atoms with van der Waals surface area (Å²) in [4.78, 5) is 0. The van der Waals surface area contributed by atoms with Crippen molar-refractivity contribution < 1.29 is 8.42 Å². The molecule has 1 aromatic heterocycles. The van der Waals surface area contributed by atoms with Gasteiger partial charge in [-0.25, -0.2) is 12.7 Å². The third kappa shape index (κ3) is 3.91. The molecule has 0 amide bonds. The van der Waals surface area contributed by atoms with E-state index in [1.807, 2.05) is 60.7 Å². The summed E-state index contributed by atoms with van der Waals surface area (Å²) in [6, 6.07) is 19.0. The Bertz CT molecular complexity index is 989. The molecule has 4 rings (SSSR count). The molecule has 1 aliphatic rings. The van der Waals surface area contributed by atoms with Crippen LogP contribution in [0.5, 0.6) is 0 Å². The van der Waals surface area contributed by atoms with Crippen molar-refractivity contribution in [2.45, 2.75) is 24.5 Å². The molecule has 1 saturated heterocycles. The van der Waals surface area contributed by atoms with Crippen molar-refractivity contribution >= 4 is 10.0 Å². The molecule has 2 heterocycles. The lowest BCUT2D eigenvalue weighted by Gasteiger charge is -2.31. The summed E-state index contributed by atoms with van der Waals surface area (Å²) in [6.07, 6.45) is 1.66. The third-order valence-corrected chi connectivity index (χ3v) is 6.65. The summed E-state index contributed by atoms with van der Waals surface area (Å²) in [7, 11) is -3.38. The van der Waals surface area contributed by atoms with Gasteiger partial charge in [-0.1, -0.05) is 48.5 Å². The van der Waals surface area contributed by atoms with Gasteiger partial charge in [0, 0.05) is 19.0 Å². The van der Waals surface area contributed by atoms with Crippen molar-refractivity contribution in [2.24, 2.45) is 0 Å². The van der Waals surface area contributed by atoms with Crippen LogP contribution in [0, 0.1) is 0 Å². The van der Waals surface area contributed by atoms with E-state index in [1.165, 1.54) is 0 Å². The molecule has 1 unspecified atom stereocenters. The van der Waals surface area contributed by atoms with E-state index in [0.717, 1.165) is 24.1 Å². The number of piperidine rings is 1. The zero-order valence-corrected chi connectivity index (χ0v) is 15.7. The molecule has 0 N–H and O–H groups in total. The summed E-state index contributed by atoms with van der Waals surface area (Å²) >= 11 is 0. The molecule has 8 heteroatoms. The molecule has 1 atom stereocenters. The van der Waals surface area contributed by atoms with Crippen LogP contribution in [0.15, 0.2) is 60.7 Å². The van der Waals surface area contributed by atoms with Gasteiger partial charge in [0.1, 0.15) is 0 Å². The van der Waals surface area contributed by atoms with Crippen molar-refractivity contribution in [2.75, 3.05) is 13.1 Å². The highest BCUT2D eigenvalue weighted by Crippen LogP contribution is 2.28.